The highest BCUT2D eigenvalue weighted by molar-refractivity contribution is 8.00. The molecule has 1 heterocycles. The fraction of sp³-hybridized carbons (Fsp3) is 0.231. The summed E-state index contributed by atoms with van der Waals surface area (Å²) in [7, 11) is 0. The normalized spacial score (nSPS) is 10.4. The molecule has 19 heavy (non-hydrogen) atoms. The monoisotopic (exact) mass is 279 g/mol. The van der Waals surface area contributed by atoms with E-state index < -0.39 is 0 Å². The van der Waals surface area contributed by atoms with Crippen molar-refractivity contribution < 1.29 is 9.18 Å². The molecule has 0 bridgehead atoms. The van der Waals surface area contributed by atoms with Gasteiger partial charge in [0.1, 0.15) is 11.6 Å². The summed E-state index contributed by atoms with van der Waals surface area (Å²) in [4.78, 5) is 19.5. The average Bonchev–Trinajstić information content (AvgIpc) is 2.91. The average molecular weight is 279 g/mol. The molecule has 2 aromatic rings. The molecule has 2 N–H and O–H groups in total. The van der Waals surface area contributed by atoms with Gasteiger partial charge in [0.05, 0.1) is 5.75 Å². The fourth-order valence-electron chi connectivity index (χ4n) is 1.49. The first-order chi connectivity index (χ1) is 9.24. The number of imidazole rings is 1. The lowest BCUT2D eigenvalue weighted by molar-refractivity contribution is -0.118. The Bertz CT molecular complexity index is 513. The third-order valence-corrected chi connectivity index (χ3v) is 3.43. The van der Waals surface area contributed by atoms with E-state index in [0.29, 0.717) is 18.7 Å². The maximum Gasteiger partial charge on any atom is 0.230 e. The first-order valence-electron chi connectivity index (χ1n) is 5.87. The Labute approximate surface area is 114 Å². The lowest BCUT2D eigenvalue weighted by Gasteiger charge is -2.04. The molecule has 0 aliphatic heterocycles. The van der Waals surface area contributed by atoms with Gasteiger partial charge in [0.15, 0.2) is 0 Å². The molecule has 1 aromatic heterocycles. The van der Waals surface area contributed by atoms with Crippen LogP contribution in [0.5, 0.6) is 0 Å². The van der Waals surface area contributed by atoms with Crippen LogP contribution >= 0.6 is 11.8 Å². The van der Waals surface area contributed by atoms with Gasteiger partial charge in [-0.2, -0.15) is 0 Å². The van der Waals surface area contributed by atoms with Crippen molar-refractivity contribution in [3.05, 3.63) is 48.3 Å². The van der Waals surface area contributed by atoms with E-state index in [0.717, 1.165) is 10.7 Å². The van der Waals surface area contributed by atoms with Crippen molar-refractivity contribution in [1.82, 2.24) is 15.3 Å². The second kappa shape index (κ2) is 6.94. The molecular formula is C13H14FN3OS. The summed E-state index contributed by atoms with van der Waals surface area (Å²) in [5.41, 5.74) is 0. The number of benzene rings is 1. The predicted octanol–water partition coefficient (Wildman–Crippen LogP) is 2.00. The molecule has 2 rings (SSSR count). The molecule has 6 heteroatoms. The van der Waals surface area contributed by atoms with Crippen LogP contribution in [0.25, 0.3) is 0 Å². The van der Waals surface area contributed by atoms with E-state index in [2.05, 4.69) is 15.3 Å². The number of thioether (sulfide) groups is 1. The van der Waals surface area contributed by atoms with Crippen molar-refractivity contribution in [2.75, 3.05) is 12.3 Å². The standard InChI is InChI=1S/C13H14FN3OS/c14-10-1-3-11(4-2-10)19-9-13(18)17-6-5-12-15-7-8-16-12/h1-4,7-8H,5-6,9H2,(H,15,16)(H,17,18). The highest BCUT2D eigenvalue weighted by atomic mass is 32.2. The molecule has 0 radical (unpaired) electrons. The summed E-state index contributed by atoms with van der Waals surface area (Å²) in [5.74, 6) is 0.865. The topological polar surface area (TPSA) is 57.8 Å². The zero-order valence-corrected chi connectivity index (χ0v) is 11.0. The van der Waals surface area contributed by atoms with E-state index >= 15 is 0 Å². The molecule has 0 aliphatic carbocycles. The van der Waals surface area contributed by atoms with Gasteiger partial charge in [-0.25, -0.2) is 9.37 Å². The minimum absolute atomic E-state index is 0.0409. The molecule has 1 amide bonds. The van der Waals surface area contributed by atoms with Crippen LogP contribution in [0.4, 0.5) is 4.39 Å². The van der Waals surface area contributed by atoms with Crippen molar-refractivity contribution in [3.8, 4) is 0 Å². The maximum absolute atomic E-state index is 12.7. The van der Waals surface area contributed by atoms with Crippen molar-refractivity contribution >= 4 is 17.7 Å². The molecule has 0 atom stereocenters. The number of hydrogen-bond donors (Lipinski definition) is 2. The zero-order chi connectivity index (χ0) is 13.5. The Morgan fingerprint density at radius 1 is 1.37 bits per heavy atom. The van der Waals surface area contributed by atoms with Gasteiger partial charge in [0, 0.05) is 30.3 Å². The Morgan fingerprint density at radius 2 is 2.16 bits per heavy atom. The number of hydrogen-bond acceptors (Lipinski definition) is 3. The molecule has 0 spiro atoms. The second-order valence-corrected chi connectivity index (χ2v) is 4.93. The quantitative estimate of drug-likeness (QED) is 0.795. The van der Waals surface area contributed by atoms with Crippen LogP contribution in [0.3, 0.4) is 0 Å². The molecule has 1 aromatic carbocycles. The molecule has 0 aliphatic rings. The van der Waals surface area contributed by atoms with Gasteiger partial charge >= 0.3 is 0 Å². The Morgan fingerprint density at radius 3 is 2.84 bits per heavy atom. The Kier molecular flexibility index (Phi) is 4.97. The van der Waals surface area contributed by atoms with E-state index in [4.69, 9.17) is 0 Å². The van der Waals surface area contributed by atoms with Crippen molar-refractivity contribution in [3.63, 3.8) is 0 Å². The number of nitrogens with one attached hydrogen (secondary N) is 2. The molecule has 0 fully saturated rings. The number of halogens is 1. The van der Waals surface area contributed by atoms with Crippen LogP contribution in [0.15, 0.2) is 41.6 Å². The summed E-state index contributed by atoms with van der Waals surface area (Å²) in [5, 5.41) is 2.81. The molecule has 100 valence electrons. The van der Waals surface area contributed by atoms with Crippen molar-refractivity contribution in [1.29, 1.82) is 0 Å². The molecule has 4 nitrogen and oxygen atoms in total. The van der Waals surface area contributed by atoms with Gasteiger partial charge in [0.25, 0.3) is 0 Å². The lowest BCUT2D eigenvalue weighted by Crippen LogP contribution is -2.27. The number of aromatic nitrogens is 2. The van der Waals surface area contributed by atoms with Crippen molar-refractivity contribution in [2.24, 2.45) is 0 Å². The third-order valence-electron chi connectivity index (χ3n) is 2.42. The number of H-pyrrole nitrogens is 1. The van der Waals surface area contributed by atoms with Gasteiger partial charge in [-0.15, -0.1) is 11.8 Å². The van der Waals surface area contributed by atoms with Gasteiger partial charge in [-0.1, -0.05) is 0 Å². The number of aromatic amines is 1. The van der Waals surface area contributed by atoms with Crippen LogP contribution in [0, 0.1) is 5.82 Å². The summed E-state index contributed by atoms with van der Waals surface area (Å²) in [6.45, 7) is 0.552. The molecular weight excluding hydrogens is 265 g/mol. The minimum Gasteiger partial charge on any atom is -0.355 e. The lowest BCUT2D eigenvalue weighted by atomic mass is 10.4. The minimum atomic E-state index is -0.271. The predicted molar refractivity (Wildman–Crippen MR) is 72.4 cm³/mol. The van der Waals surface area contributed by atoms with Crippen LogP contribution in [0.2, 0.25) is 0 Å². The first kappa shape index (κ1) is 13.6. The molecule has 0 saturated carbocycles. The first-order valence-corrected chi connectivity index (χ1v) is 6.86. The zero-order valence-electron chi connectivity index (χ0n) is 10.2. The van der Waals surface area contributed by atoms with Crippen LogP contribution in [-0.4, -0.2) is 28.2 Å². The molecule has 0 saturated heterocycles. The van der Waals surface area contributed by atoms with E-state index in [1.807, 2.05) is 0 Å². The Hall–Kier alpha value is -1.82. The highest BCUT2D eigenvalue weighted by Crippen LogP contribution is 2.17. The number of rotatable bonds is 6. The second-order valence-electron chi connectivity index (χ2n) is 3.88. The number of nitrogens with zero attached hydrogens (tertiary/aromatic N) is 1. The van der Waals surface area contributed by atoms with Crippen LogP contribution < -0.4 is 5.32 Å². The van der Waals surface area contributed by atoms with E-state index in [1.165, 1.54) is 23.9 Å². The van der Waals surface area contributed by atoms with Crippen molar-refractivity contribution in [2.45, 2.75) is 11.3 Å². The maximum atomic E-state index is 12.7. The van der Waals surface area contributed by atoms with Gasteiger partial charge in [-0.05, 0) is 24.3 Å². The third kappa shape index (κ3) is 4.75. The smallest absolute Gasteiger partial charge is 0.230 e. The number of carbonyl (C=O) groups excluding carboxylic acids is 1. The summed E-state index contributed by atoms with van der Waals surface area (Å²) < 4.78 is 12.7. The summed E-state index contributed by atoms with van der Waals surface area (Å²) >= 11 is 1.38. The van der Waals surface area contributed by atoms with Crippen LogP contribution in [-0.2, 0) is 11.2 Å². The number of amides is 1. The summed E-state index contributed by atoms with van der Waals surface area (Å²) in [6, 6.07) is 6.10. The summed E-state index contributed by atoms with van der Waals surface area (Å²) in [6.07, 6.45) is 4.11. The largest absolute Gasteiger partial charge is 0.355 e. The van der Waals surface area contributed by atoms with Gasteiger partial charge < -0.3 is 10.3 Å². The van der Waals surface area contributed by atoms with E-state index in [-0.39, 0.29) is 11.7 Å². The highest BCUT2D eigenvalue weighted by Gasteiger charge is 2.03. The SMILES string of the molecule is O=C(CSc1ccc(F)cc1)NCCc1ncc[nH]1. The van der Waals surface area contributed by atoms with E-state index in [1.54, 1.807) is 24.5 Å². The van der Waals surface area contributed by atoms with Crippen LogP contribution in [0.1, 0.15) is 5.82 Å². The Balaban J connectivity index is 1.65. The van der Waals surface area contributed by atoms with Gasteiger partial charge in [0.2, 0.25) is 5.91 Å². The van der Waals surface area contributed by atoms with Gasteiger partial charge in [-0.3, -0.25) is 4.79 Å². The molecule has 0 unspecified atom stereocenters. The number of carbonyl (C=O) groups is 1. The van der Waals surface area contributed by atoms with E-state index in [9.17, 15) is 9.18 Å². The fourth-order valence-corrected chi connectivity index (χ4v) is 2.21.